The van der Waals surface area contributed by atoms with E-state index in [1.54, 1.807) is 0 Å². The maximum Gasteiger partial charge on any atom is 0.407 e. The van der Waals surface area contributed by atoms with Gasteiger partial charge in [0, 0.05) is 39.4 Å². The van der Waals surface area contributed by atoms with E-state index in [9.17, 15) is 15.2 Å². The molecule has 0 bridgehead atoms. The number of fused-ring (bicyclic) bond motifs is 1. The van der Waals surface area contributed by atoms with Gasteiger partial charge in [-0.25, -0.2) is 19.7 Å². The smallest absolute Gasteiger partial charge is 0.407 e. The van der Waals surface area contributed by atoms with Crippen molar-refractivity contribution in [3.63, 3.8) is 0 Å². The van der Waals surface area contributed by atoms with Gasteiger partial charge in [0.1, 0.15) is 17.5 Å². The minimum Gasteiger partial charge on any atom is -0.465 e. The van der Waals surface area contributed by atoms with Crippen LogP contribution < -0.4 is 10.2 Å². The molecule has 3 aromatic heterocycles. The highest BCUT2D eigenvalue weighted by molar-refractivity contribution is 7.98. The summed E-state index contributed by atoms with van der Waals surface area (Å²) in [5.74, 6) is 0.503. The summed E-state index contributed by atoms with van der Waals surface area (Å²) in [5, 5.41) is 23.2. The average Bonchev–Trinajstić information content (AvgIpc) is 3.22. The lowest BCUT2D eigenvalue weighted by Crippen LogP contribution is -2.48. The van der Waals surface area contributed by atoms with Gasteiger partial charge in [-0.2, -0.15) is 5.26 Å². The van der Waals surface area contributed by atoms with Gasteiger partial charge in [0.15, 0.2) is 5.16 Å². The van der Waals surface area contributed by atoms with Crippen LogP contribution in [0, 0.1) is 11.3 Å². The van der Waals surface area contributed by atoms with Crippen LogP contribution in [0.25, 0.3) is 11.0 Å². The zero-order valence-corrected chi connectivity index (χ0v) is 20.6. The van der Waals surface area contributed by atoms with Gasteiger partial charge in [-0.1, -0.05) is 18.7 Å². The molecule has 1 fully saturated rings. The third-order valence-electron chi connectivity index (χ3n) is 6.12. The number of hydrogen-bond acceptors (Lipinski definition) is 8. The van der Waals surface area contributed by atoms with Crippen molar-refractivity contribution in [3.05, 3.63) is 35.3 Å². The van der Waals surface area contributed by atoms with Crippen LogP contribution in [-0.2, 0) is 13.5 Å². The van der Waals surface area contributed by atoms with Gasteiger partial charge < -0.3 is 24.8 Å². The second-order valence-corrected chi connectivity index (χ2v) is 8.97. The van der Waals surface area contributed by atoms with Crippen LogP contribution in [0.15, 0.2) is 23.5 Å². The predicted molar refractivity (Wildman–Crippen MR) is 132 cm³/mol. The third kappa shape index (κ3) is 4.46. The SMILES string of the molecule is CCc1nc(SC)nc(N[C@@H](C)c2nc3ccn(C)c3cc2N2CCN(C(=O)O)CC2)c1C#N. The van der Waals surface area contributed by atoms with E-state index >= 15 is 0 Å². The van der Waals surface area contributed by atoms with Gasteiger partial charge >= 0.3 is 6.09 Å². The molecule has 1 amide bonds. The molecular formula is C23H28N8O2S. The monoisotopic (exact) mass is 480 g/mol. The van der Waals surface area contributed by atoms with Crippen LogP contribution in [0.5, 0.6) is 0 Å². The van der Waals surface area contributed by atoms with E-state index in [-0.39, 0.29) is 6.04 Å². The highest BCUT2D eigenvalue weighted by Gasteiger charge is 2.26. The van der Waals surface area contributed by atoms with E-state index in [4.69, 9.17) is 4.98 Å². The molecule has 0 aromatic carbocycles. The van der Waals surface area contributed by atoms with Gasteiger partial charge in [0.25, 0.3) is 0 Å². The summed E-state index contributed by atoms with van der Waals surface area (Å²) in [4.78, 5) is 29.0. The van der Waals surface area contributed by atoms with Crippen LogP contribution in [0.2, 0.25) is 0 Å². The average molecular weight is 481 g/mol. The van der Waals surface area contributed by atoms with Crippen LogP contribution in [0.1, 0.15) is 36.8 Å². The summed E-state index contributed by atoms with van der Waals surface area (Å²) >= 11 is 1.44. The number of amides is 1. The Labute approximate surface area is 202 Å². The molecule has 11 heteroatoms. The number of rotatable bonds is 6. The maximum atomic E-state index is 11.4. The van der Waals surface area contributed by atoms with Crippen molar-refractivity contribution in [1.29, 1.82) is 5.26 Å². The molecular weight excluding hydrogens is 452 g/mol. The number of thioether (sulfide) groups is 1. The molecule has 178 valence electrons. The van der Waals surface area contributed by atoms with E-state index < -0.39 is 6.09 Å². The standard InChI is InChI=1S/C23H28N8O2S/c1-5-16-15(13-24)21(28-22(27-16)34-4)25-14(2)20-19(12-18-17(26-20)6-7-29(18)3)30-8-10-31(11-9-30)23(32)33/h6-7,12,14H,5,8-11H2,1-4H3,(H,32,33)(H,25,27,28)/t14-/m0/s1. The number of nitrogens with zero attached hydrogens (tertiary/aromatic N) is 7. The Hall–Kier alpha value is -3.52. The Morgan fingerprint density at radius 3 is 2.65 bits per heavy atom. The Morgan fingerprint density at radius 2 is 2.03 bits per heavy atom. The van der Waals surface area contributed by atoms with Crippen LogP contribution in [0.3, 0.4) is 0 Å². The second kappa shape index (κ2) is 9.77. The van der Waals surface area contributed by atoms with Crippen LogP contribution >= 0.6 is 11.8 Å². The molecule has 10 nitrogen and oxygen atoms in total. The van der Waals surface area contributed by atoms with Crippen molar-refractivity contribution in [1.82, 2.24) is 24.4 Å². The largest absolute Gasteiger partial charge is 0.465 e. The summed E-state index contributed by atoms with van der Waals surface area (Å²) in [5.41, 5.74) is 4.82. The van der Waals surface area contributed by atoms with E-state index in [1.807, 2.05) is 44.0 Å². The van der Waals surface area contributed by atoms with Crippen molar-refractivity contribution >= 4 is 40.4 Å². The molecule has 4 rings (SSSR count). The van der Waals surface area contributed by atoms with Gasteiger partial charge in [0.05, 0.1) is 34.2 Å². The molecule has 3 aromatic rings. The topological polar surface area (TPSA) is 123 Å². The fourth-order valence-electron chi connectivity index (χ4n) is 4.23. The first-order valence-electron chi connectivity index (χ1n) is 11.2. The molecule has 0 radical (unpaired) electrons. The number of carboxylic acid groups (broad SMARTS) is 1. The fraction of sp³-hybridized carbons (Fsp3) is 0.435. The summed E-state index contributed by atoms with van der Waals surface area (Å²) < 4.78 is 2.03. The number of pyridine rings is 1. The van der Waals surface area contributed by atoms with Crippen LogP contribution in [-0.4, -0.2) is 68.1 Å². The lowest BCUT2D eigenvalue weighted by Gasteiger charge is -2.36. The molecule has 2 N–H and O–H groups in total. The molecule has 4 heterocycles. The van der Waals surface area contributed by atoms with E-state index in [0.717, 1.165) is 22.4 Å². The quantitative estimate of drug-likeness (QED) is 0.403. The zero-order valence-electron chi connectivity index (χ0n) is 19.7. The lowest BCUT2D eigenvalue weighted by atomic mass is 10.1. The number of anilines is 2. The number of aryl methyl sites for hydroxylation is 2. The number of piperazine rings is 1. The first-order valence-corrected chi connectivity index (χ1v) is 12.4. The predicted octanol–water partition coefficient (Wildman–Crippen LogP) is 3.49. The number of aromatic nitrogens is 4. The van der Waals surface area contributed by atoms with Crippen LogP contribution in [0.4, 0.5) is 16.3 Å². The molecule has 0 aliphatic carbocycles. The Kier molecular flexibility index (Phi) is 6.79. The van der Waals surface area contributed by atoms with Gasteiger partial charge in [0.2, 0.25) is 0 Å². The zero-order chi connectivity index (χ0) is 24.4. The molecule has 34 heavy (non-hydrogen) atoms. The number of nitrogens with one attached hydrogen (secondary N) is 1. The molecule has 0 unspecified atom stereocenters. The second-order valence-electron chi connectivity index (χ2n) is 8.19. The Balaban J connectivity index is 1.73. The highest BCUT2D eigenvalue weighted by atomic mass is 32.2. The van der Waals surface area contributed by atoms with Crippen molar-refractivity contribution in [2.24, 2.45) is 7.05 Å². The van der Waals surface area contributed by atoms with E-state index in [1.165, 1.54) is 16.7 Å². The number of carbonyl (C=O) groups is 1. The Morgan fingerprint density at radius 1 is 1.29 bits per heavy atom. The van der Waals surface area contributed by atoms with Crippen molar-refractivity contribution in [2.45, 2.75) is 31.5 Å². The summed E-state index contributed by atoms with van der Waals surface area (Å²) in [6, 6.07) is 6.10. The minimum atomic E-state index is -0.893. The fourth-order valence-corrected chi connectivity index (χ4v) is 4.61. The summed E-state index contributed by atoms with van der Waals surface area (Å²) in [7, 11) is 1.98. The molecule has 1 saturated heterocycles. The van der Waals surface area contributed by atoms with Gasteiger partial charge in [-0.15, -0.1) is 0 Å². The third-order valence-corrected chi connectivity index (χ3v) is 6.67. The highest BCUT2D eigenvalue weighted by Crippen LogP contribution is 2.32. The molecule has 0 saturated carbocycles. The summed E-state index contributed by atoms with van der Waals surface area (Å²) in [6.07, 6.45) is 3.63. The van der Waals surface area contributed by atoms with Gasteiger partial charge in [-0.3, -0.25) is 0 Å². The van der Waals surface area contributed by atoms with E-state index in [2.05, 4.69) is 32.3 Å². The van der Waals surface area contributed by atoms with Crippen molar-refractivity contribution in [3.8, 4) is 6.07 Å². The molecule has 1 aliphatic rings. The molecule has 1 atom stereocenters. The van der Waals surface area contributed by atoms with Crippen molar-refractivity contribution in [2.75, 3.05) is 42.7 Å². The number of nitriles is 1. The minimum absolute atomic E-state index is 0.251. The molecule has 0 spiro atoms. The first kappa shape index (κ1) is 23.6. The lowest BCUT2D eigenvalue weighted by molar-refractivity contribution is 0.142. The Bertz CT molecular complexity index is 1260. The van der Waals surface area contributed by atoms with Crippen molar-refractivity contribution < 1.29 is 9.90 Å². The number of hydrogen-bond donors (Lipinski definition) is 2. The maximum absolute atomic E-state index is 11.4. The van der Waals surface area contributed by atoms with E-state index in [0.29, 0.717) is 54.8 Å². The normalized spacial score (nSPS) is 14.8. The van der Waals surface area contributed by atoms with Gasteiger partial charge in [-0.05, 0) is 31.7 Å². The molecule has 1 aliphatic heterocycles. The summed E-state index contributed by atoms with van der Waals surface area (Å²) in [6.45, 7) is 6.00. The first-order chi connectivity index (χ1) is 16.4.